The molecule has 0 saturated heterocycles. The fourth-order valence-corrected chi connectivity index (χ4v) is 4.29. The van der Waals surface area contributed by atoms with E-state index in [1.165, 1.54) is 11.3 Å². The molecule has 0 amide bonds. The van der Waals surface area contributed by atoms with Crippen molar-refractivity contribution in [2.45, 2.75) is 19.4 Å². The minimum Gasteiger partial charge on any atom is -0.457 e. The van der Waals surface area contributed by atoms with Crippen molar-refractivity contribution >= 4 is 23.4 Å². The number of hydrogen-bond donors (Lipinski definition) is 0. The summed E-state index contributed by atoms with van der Waals surface area (Å²) in [5.41, 5.74) is 4.72. The summed E-state index contributed by atoms with van der Waals surface area (Å²) in [6, 6.07) is 25.1. The van der Waals surface area contributed by atoms with Crippen molar-refractivity contribution in [2.24, 2.45) is 5.10 Å². The van der Waals surface area contributed by atoms with Gasteiger partial charge in [-0.25, -0.2) is 0 Å². The molecule has 2 aliphatic heterocycles. The van der Waals surface area contributed by atoms with Crippen molar-refractivity contribution in [1.29, 1.82) is 0 Å². The summed E-state index contributed by atoms with van der Waals surface area (Å²) < 4.78 is 6.27. The summed E-state index contributed by atoms with van der Waals surface area (Å²) in [4.78, 5) is 6.81. The Morgan fingerprint density at radius 2 is 1.50 bits per heavy atom. The van der Waals surface area contributed by atoms with Crippen LogP contribution in [0.1, 0.15) is 19.4 Å². The number of hydrogen-bond acceptors (Lipinski definition) is 6. The van der Waals surface area contributed by atoms with E-state index in [4.69, 9.17) is 4.74 Å². The molecule has 0 atom stereocenters. The van der Waals surface area contributed by atoms with Gasteiger partial charge in [0.2, 0.25) is 0 Å². The zero-order valence-electron chi connectivity index (χ0n) is 19.1. The topological polar surface area (TPSA) is 34.6 Å². The van der Waals surface area contributed by atoms with Crippen LogP contribution in [0.3, 0.4) is 0 Å². The molecule has 0 bridgehead atoms. The predicted octanol–water partition coefficient (Wildman–Crippen LogP) is 5.41. The zero-order valence-corrected chi connectivity index (χ0v) is 19.1. The maximum absolute atomic E-state index is 6.27. The van der Waals surface area contributed by atoms with Gasteiger partial charge in [-0.05, 0) is 56.8 Å². The second-order valence-corrected chi connectivity index (χ2v) is 8.94. The molecule has 0 spiro atoms. The van der Waals surface area contributed by atoms with Gasteiger partial charge in [0, 0.05) is 41.8 Å². The summed E-state index contributed by atoms with van der Waals surface area (Å²) in [7, 11) is 4.13. The van der Waals surface area contributed by atoms with Crippen LogP contribution in [0.4, 0.5) is 17.1 Å². The van der Waals surface area contributed by atoms with Gasteiger partial charge in [0.1, 0.15) is 24.5 Å². The van der Waals surface area contributed by atoms with E-state index < -0.39 is 0 Å². The Bertz CT molecular complexity index is 1160. The van der Waals surface area contributed by atoms with Crippen LogP contribution in [0, 0.1) is 0 Å². The second kappa shape index (κ2) is 7.88. The highest BCUT2D eigenvalue weighted by Gasteiger charge is 2.35. The van der Waals surface area contributed by atoms with E-state index >= 15 is 0 Å². The van der Waals surface area contributed by atoms with Crippen molar-refractivity contribution < 1.29 is 4.74 Å². The van der Waals surface area contributed by atoms with E-state index in [-0.39, 0.29) is 5.54 Å². The number of hydrazone groups is 1. The third-order valence-electron chi connectivity index (χ3n) is 6.42. The molecule has 2 aliphatic rings. The van der Waals surface area contributed by atoms with E-state index in [0.29, 0.717) is 0 Å². The molecule has 6 heteroatoms. The Morgan fingerprint density at radius 1 is 0.812 bits per heavy atom. The molecule has 0 saturated carbocycles. The van der Waals surface area contributed by atoms with Gasteiger partial charge < -0.3 is 14.5 Å². The van der Waals surface area contributed by atoms with Crippen LogP contribution in [0.15, 0.2) is 77.9 Å². The number of benzene rings is 3. The Balaban J connectivity index is 1.42. The number of nitrogens with zero attached hydrogens (tertiary/aromatic N) is 5. The van der Waals surface area contributed by atoms with Gasteiger partial charge in [-0.3, -0.25) is 9.91 Å². The first-order valence-corrected chi connectivity index (χ1v) is 10.9. The van der Waals surface area contributed by atoms with Crippen LogP contribution in [-0.2, 0) is 5.54 Å². The van der Waals surface area contributed by atoms with E-state index in [2.05, 4.69) is 89.2 Å². The van der Waals surface area contributed by atoms with Crippen molar-refractivity contribution in [3.05, 3.63) is 78.4 Å². The van der Waals surface area contributed by atoms with Gasteiger partial charge in [-0.15, -0.1) is 0 Å². The number of fused-ring (bicyclic) bond motifs is 1. The van der Waals surface area contributed by atoms with Gasteiger partial charge >= 0.3 is 0 Å². The Kier molecular flexibility index (Phi) is 5.02. The van der Waals surface area contributed by atoms with E-state index in [1.54, 1.807) is 0 Å². The number of para-hydroxylation sites is 1. The molecule has 0 aromatic heterocycles. The average molecular weight is 428 g/mol. The van der Waals surface area contributed by atoms with Gasteiger partial charge in [0.05, 0.1) is 6.67 Å². The molecule has 6 nitrogen and oxygen atoms in total. The monoisotopic (exact) mass is 427 g/mol. The lowest BCUT2D eigenvalue weighted by atomic mass is 9.88. The summed E-state index contributed by atoms with van der Waals surface area (Å²) in [6.07, 6.45) is 1.84. The van der Waals surface area contributed by atoms with E-state index in [0.717, 1.165) is 36.2 Å². The third-order valence-corrected chi connectivity index (χ3v) is 6.42. The Labute approximate surface area is 189 Å². The Morgan fingerprint density at radius 3 is 2.22 bits per heavy atom. The first kappa shape index (κ1) is 20.4. The maximum atomic E-state index is 6.27. The predicted molar refractivity (Wildman–Crippen MR) is 131 cm³/mol. The molecule has 3 aromatic carbocycles. The van der Waals surface area contributed by atoms with Crippen molar-refractivity contribution in [2.75, 3.05) is 37.2 Å². The summed E-state index contributed by atoms with van der Waals surface area (Å²) in [5, 5.41) is 6.18. The lowest BCUT2D eigenvalue weighted by Gasteiger charge is -2.47. The second-order valence-electron chi connectivity index (χ2n) is 8.94. The first-order chi connectivity index (χ1) is 15.4. The molecular formula is C26H29N5O. The number of anilines is 3. The van der Waals surface area contributed by atoms with Crippen LogP contribution in [0.5, 0.6) is 11.5 Å². The minimum absolute atomic E-state index is 0.0193. The summed E-state index contributed by atoms with van der Waals surface area (Å²) in [6.45, 7) is 6.10. The highest BCUT2D eigenvalue weighted by atomic mass is 16.5. The highest BCUT2D eigenvalue weighted by molar-refractivity contribution is 5.80. The Hall–Kier alpha value is -3.51. The maximum Gasteiger partial charge on any atom is 0.129 e. The van der Waals surface area contributed by atoms with Gasteiger partial charge in [-0.1, -0.05) is 30.3 Å². The molecular weight excluding hydrogens is 398 g/mol. The molecule has 2 heterocycles. The molecule has 32 heavy (non-hydrogen) atoms. The van der Waals surface area contributed by atoms with Crippen LogP contribution in [0.2, 0.25) is 0 Å². The number of ether oxygens (including phenoxy) is 1. The van der Waals surface area contributed by atoms with Crippen molar-refractivity contribution in [1.82, 2.24) is 9.91 Å². The lowest BCUT2D eigenvalue weighted by Crippen LogP contribution is -2.49. The van der Waals surface area contributed by atoms with Gasteiger partial charge in [-0.2, -0.15) is 5.10 Å². The largest absolute Gasteiger partial charge is 0.457 e. The molecule has 0 unspecified atom stereocenters. The molecule has 0 radical (unpaired) electrons. The molecule has 164 valence electrons. The highest BCUT2D eigenvalue weighted by Crippen LogP contribution is 2.42. The SMILES string of the molecule is CN1CN(c2cccc(Oc3cccc(N4CN(C)C(C)(C)c5ccccc54)c3)c2)C=N1. The van der Waals surface area contributed by atoms with Gasteiger partial charge in [0.25, 0.3) is 0 Å². The van der Waals surface area contributed by atoms with Crippen molar-refractivity contribution in [3.8, 4) is 11.5 Å². The molecule has 0 aliphatic carbocycles. The number of rotatable bonds is 4. The van der Waals surface area contributed by atoms with Crippen LogP contribution < -0.4 is 14.5 Å². The lowest BCUT2D eigenvalue weighted by molar-refractivity contribution is 0.150. The van der Waals surface area contributed by atoms with E-state index in [1.807, 2.05) is 42.7 Å². The van der Waals surface area contributed by atoms with Crippen LogP contribution in [0.25, 0.3) is 0 Å². The molecule has 5 rings (SSSR count). The smallest absolute Gasteiger partial charge is 0.129 e. The molecule has 3 aromatic rings. The third kappa shape index (κ3) is 3.67. The quantitative estimate of drug-likeness (QED) is 0.556. The average Bonchev–Trinajstić information content (AvgIpc) is 3.23. The fourth-order valence-electron chi connectivity index (χ4n) is 4.29. The fraction of sp³-hybridized carbons (Fsp3) is 0.269. The summed E-state index contributed by atoms with van der Waals surface area (Å²) in [5.74, 6) is 1.62. The first-order valence-electron chi connectivity index (χ1n) is 10.9. The van der Waals surface area contributed by atoms with Crippen LogP contribution in [-0.4, -0.2) is 43.7 Å². The van der Waals surface area contributed by atoms with Crippen LogP contribution >= 0.6 is 0 Å². The van der Waals surface area contributed by atoms with E-state index in [9.17, 15) is 0 Å². The minimum atomic E-state index is -0.0193. The zero-order chi connectivity index (χ0) is 22.3. The normalized spacial score (nSPS) is 17.6. The molecule has 0 N–H and O–H groups in total. The molecule has 0 fully saturated rings. The summed E-state index contributed by atoms with van der Waals surface area (Å²) >= 11 is 0. The van der Waals surface area contributed by atoms with Crippen molar-refractivity contribution in [3.63, 3.8) is 0 Å². The standard InChI is InChI=1S/C26H29N5O/c1-26(2)24-13-5-6-14-25(24)31(18-28(26)3)21-10-8-12-23(16-21)32-22-11-7-9-20(15-22)30-17-27-29(4)19-30/h5-17H,18-19H2,1-4H3. The van der Waals surface area contributed by atoms with Gasteiger partial charge in [0.15, 0.2) is 0 Å².